The molecule has 1 aromatic carbocycles. The molecule has 27 heavy (non-hydrogen) atoms. The minimum atomic E-state index is -4.40. The summed E-state index contributed by atoms with van der Waals surface area (Å²) in [5.41, 5.74) is 2.75. The SMILES string of the molecule is CN1C=C(c2ccccc2)CC1SCc1cn2c(C(F)(F)F)cccc2n1. The van der Waals surface area contributed by atoms with E-state index in [2.05, 4.69) is 28.2 Å². The van der Waals surface area contributed by atoms with Gasteiger partial charge in [0, 0.05) is 31.6 Å². The molecule has 1 aliphatic heterocycles. The van der Waals surface area contributed by atoms with Gasteiger partial charge in [-0.05, 0) is 23.3 Å². The molecule has 1 aliphatic rings. The van der Waals surface area contributed by atoms with E-state index in [4.69, 9.17) is 0 Å². The van der Waals surface area contributed by atoms with Gasteiger partial charge in [0.05, 0.1) is 11.1 Å². The molecule has 0 spiro atoms. The maximum Gasteiger partial charge on any atom is 0.431 e. The van der Waals surface area contributed by atoms with Crippen LogP contribution < -0.4 is 0 Å². The van der Waals surface area contributed by atoms with Crippen LogP contribution in [0.5, 0.6) is 0 Å². The van der Waals surface area contributed by atoms with E-state index in [1.807, 2.05) is 25.2 Å². The molecular weight excluding hydrogens is 371 g/mol. The van der Waals surface area contributed by atoms with Crippen LogP contribution in [0.25, 0.3) is 11.2 Å². The van der Waals surface area contributed by atoms with Crippen LogP contribution in [0.15, 0.2) is 60.9 Å². The van der Waals surface area contributed by atoms with Crippen LogP contribution in [0, 0.1) is 0 Å². The van der Waals surface area contributed by atoms with Crippen molar-refractivity contribution in [3.05, 3.63) is 77.9 Å². The topological polar surface area (TPSA) is 20.5 Å². The van der Waals surface area contributed by atoms with Gasteiger partial charge in [-0.1, -0.05) is 36.4 Å². The van der Waals surface area contributed by atoms with E-state index in [9.17, 15) is 13.2 Å². The number of imidazole rings is 1. The van der Waals surface area contributed by atoms with Crippen molar-refractivity contribution >= 4 is 23.0 Å². The quantitative estimate of drug-likeness (QED) is 0.605. The maximum atomic E-state index is 13.1. The fourth-order valence-corrected chi connectivity index (χ4v) is 4.37. The summed E-state index contributed by atoms with van der Waals surface area (Å²) in [6, 6.07) is 14.3. The number of hydrogen-bond acceptors (Lipinski definition) is 3. The van der Waals surface area contributed by atoms with Crippen LogP contribution in [0.2, 0.25) is 0 Å². The van der Waals surface area contributed by atoms with Gasteiger partial charge in [-0.3, -0.25) is 4.40 Å². The highest BCUT2D eigenvalue weighted by atomic mass is 32.2. The lowest BCUT2D eigenvalue weighted by atomic mass is 10.1. The Hall–Kier alpha value is -2.41. The van der Waals surface area contributed by atoms with Gasteiger partial charge in [0.25, 0.3) is 0 Å². The molecule has 7 heteroatoms. The highest BCUT2D eigenvalue weighted by Gasteiger charge is 2.33. The van der Waals surface area contributed by atoms with Crippen LogP contribution in [0.3, 0.4) is 0 Å². The number of benzene rings is 1. The number of rotatable bonds is 4. The van der Waals surface area contributed by atoms with Gasteiger partial charge in [-0.25, -0.2) is 4.98 Å². The number of halogens is 3. The van der Waals surface area contributed by atoms with Crippen molar-refractivity contribution in [2.24, 2.45) is 0 Å². The van der Waals surface area contributed by atoms with Crippen LogP contribution in [-0.4, -0.2) is 26.7 Å². The average molecular weight is 389 g/mol. The average Bonchev–Trinajstić information content (AvgIpc) is 3.22. The van der Waals surface area contributed by atoms with Gasteiger partial charge in [-0.15, -0.1) is 11.8 Å². The van der Waals surface area contributed by atoms with Crippen LogP contribution in [0.1, 0.15) is 23.4 Å². The minimum Gasteiger partial charge on any atom is -0.368 e. The van der Waals surface area contributed by atoms with Gasteiger partial charge < -0.3 is 4.90 Å². The zero-order valence-corrected chi connectivity index (χ0v) is 15.5. The number of pyridine rings is 1. The van der Waals surface area contributed by atoms with Crippen LogP contribution >= 0.6 is 11.8 Å². The Morgan fingerprint density at radius 2 is 1.89 bits per heavy atom. The summed E-state index contributed by atoms with van der Waals surface area (Å²) in [5.74, 6) is 0.559. The zero-order chi connectivity index (χ0) is 19.0. The fourth-order valence-electron chi connectivity index (χ4n) is 3.28. The lowest BCUT2D eigenvalue weighted by Crippen LogP contribution is -2.18. The first-order valence-corrected chi connectivity index (χ1v) is 9.60. The van der Waals surface area contributed by atoms with Gasteiger partial charge >= 0.3 is 6.18 Å². The van der Waals surface area contributed by atoms with Crippen molar-refractivity contribution in [1.29, 1.82) is 0 Å². The van der Waals surface area contributed by atoms with Crippen molar-refractivity contribution in [2.75, 3.05) is 7.05 Å². The highest BCUT2D eigenvalue weighted by Crippen LogP contribution is 2.36. The van der Waals surface area contributed by atoms with E-state index < -0.39 is 11.9 Å². The Kier molecular flexibility index (Phi) is 4.63. The van der Waals surface area contributed by atoms with Gasteiger partial charge in [0.2, 0.25) is 0 Å². The Morgan fingerprint density at radius 1 is 1.11 bits per heavy atom. The number of alkyl halides is 3. The Labute approximate surface area is 159 Å². The first-order valence-electron chi connectivity index (χ1n) is 8.55. The normalized spacial score (nSPS) is 17.6. The molecule has 140 valence electrons. The lowest BCUT2D eigenvalue weighted by Gasteiger charge is -2.19. The molecule has 3 aromatic rings. The van der Waals surface area contributed by atoms with Gasteiger partial charge in [-0.2, -0.15) is 13.2 Å². The summed E-state index contributed by atoms with van der Waals surface area (Å²) in [6.45, 7) is 0. The first kappa shape index (κ1) is 18.0. The van der Waals surface area contributed by atoms with Crippen LogP contribution in [-0.2, 0) is 11.9 Å². The molecule has 4 rings (SSSR count). The van der Waals surface area contributed by atoms with Crippen LogP contribution in [0.4, 0.5) is 13.2 Å². The molecular formula is C20H18F3N3S. The third kappa shape index (κ3) is 3.69. The third-order valence-corrected chi connectivity index (χ3v) is 5.96. The van der Waals surface area contributed by atoms with Crippen molar-refractivity contribution in [3.63, 3.8) is 0 Å². The Bertz CT molecular complexity index is 979. The summed E-state index contributed by atoms with van der Waals surface area (Å²) < 4.78 is 40.6. The van der Waals surface area contributed by atoms with E-state index in [1.165, 1.54) is 23.4 Å². The molecule has 1 unspecified atom stereocenters. The molecule has 1 atom stereocenters. The minimum absolute atomic E-state index is 0.243. The summed E-state index contributed by atoms with van der Waals surface area (Å²) >= 11 is 1.69. The number of thioether (sulfide) groups is 1. The largest absolute Gasteiger partial charge is 0.431 e. The van der Waals surface area contributed by atoms with E-state index in [0.29, 0.717) is 17.1 Å². The summed E-state index contributed by atoms with van der Waals surface area (Å²) in [4.78, 5) is 6.51. The molecule has 0 aliphatic carbocycles. The molecule has 0 saturated heterocycles. The van der Waals surface area contributed by atoms with Crippen molar-refractivity contribution in [2.45, 2.75) is 23.7 Å². The van der Waals surface area contributed by atoms with E-state index in [1.54, 1.807) is 17.8 Å². The molecule has 0 saturated carbocycles. The molecule has 0 N–H and O–H groups in total. The second kappa shape index (κ2) is 6.96. The van der Waals surface area contributed by atoms with Gasteiger partial charge in [0.1, 0.15) is 11.3 Å². The Balaban J connectivity index is 1.47. The molecule has 0 fully saturated rings. The zero-order valence-electron chi connectivity index (χ0n) is 14.6. The second-order valence-electron chi connectivity index (χ2n) is 6.52. The molecule has 2 aromatic heterocycles. The van der Waals surface area contributed by atoms with Crippen molar-refractivity contribution in [3.8, 4) is 0 Å². The predicted octanol–water partition coefficient (Wildman–Crippen LogP) is 5.29. The Morgan fingerprint density at radius 3 is 2.63 bits per heavy atom. The highest BCUT2D eigenvalue weighted by molar-refractivity contribution is 7.99. The third-order valence-electron chi connectivity index (χ3n) is 4.61. The lowest BCUT2D eigenvalue weighted by molar-refractivity contribution is -0.142. The van der Waals surface area contributed by atoms with E-state index >= 15 is 0 Å². The smallest absolute Gasteiger partial charge is 0.368 e. The first-order chi connectivity index (χ1) is 12.9. The molecule has 3 nitrogen and oxygen atoms in total. The second-order valence-corrected chi connectivity index (χ2v) is 7.69. The monoisotopic (exact) mass is 389 g/mol. The van der Waals surface area contributed by atoms with E-state index in [-0.39, 0.29) is 5.37 Å². The number of aromatic nitrogens is 2. The summed E-state index contributed by atoms with van der Waals surface area (Å²) in [5, 5.41) is 0.243. The maximum absolute atomic E-state index is 13.1. The summed E-state index contributed by atoms with van der Waals surface area (Å²) in [7, 11) is 2.03. The van der Waals surface area contributed by atoms with Gasteiger partial charge in [0.15, 0.2) is 0 Å². The number of nitrogens with zero attached hydrogens (tertiary/aromatic N) is 3. The predicted molar refractivity (Wildman–Crippen MR) is 102 cm³/mol. The fraction of sp³-hybridized carbons (Fsp3) is 0.250. The molecule has 0 amide bonds. The van der Waals surface area contributed by atoms with E-state index in [0.717, 1.165) is 16.9 Å². The standard InChI is InChI=1S/C20H18F3N3S/c1-25-11-15(14-6-3-2-4-7-14)10-19(25)27-13-16-12-26-17(20(21,22)23)8-5-9-18(26)24-16/h2-9,11-12,19H,10,13H2,1H3. The molecule has 3 heterocycles. The number of hydrogen-bond donors (Lipinski definition) is 0. The molecule has 0 radical (unpaired) electrons. The number of fused-ring (bicyclic) bond motifs is 1. The van der Waals surface area contributed by atoms with Crippen molar-refractivity contribution in [1.82, 2.24) is 14.3 Å². The summed E-state index contributed by atoms with van der Waals surface area (Å²) in [6.07, 6.45) is 0.126. The molecule has 0 bridgehead atoms. The van der Waals surface area contributed by atoms with Crippen molar-refractivity contribution < 1.29 is 13.2 Å².